The van der Waals surface area contributed by atoms with E-state index in [0.29, 0.717) is 48.1 Å². The Bertz CT molecular complexity index is 1430. The van der Waals surface area contributed by atoms with Crippen molar-refractivity contribution < 1.29 is 22.4 Å². The molecule has 0 amide bonds. The number of fused-ring (bicyclic) bond motifs is 1. The van der Waals surface area contributed by atoms with E-state index < -0.39 is 10.0 Å². The van der Waals surface area contributed by atoms with Gasteiger partial charge in [0.25, 0.3) is 0 Å². The minimum absolute atomic E-state index is 0.218. The average molecular weight is 482 g/mol. The first-order chi connectivity index (χ1) is 16.3. The number of aromatic nitrogens is 2. The van der Waals surface area contributed by atoms with Crippen LogP contribution in [0.1, 0.15) is 31.1 Å². The van der Waals surface area contributed by atoms with Crippen LogP contribution < -0.4 is 0 Å². The molecule has 34 heavy (non-hydrogen) atoms. The number of sulfonamides is 1. The summed E-state index contributed by atoms with van der Waals surface area (Å²) in [5.74, 6) is 1.40. The fraction of sp³-hybridized carbons (Fsp3) is 0.280. The fourth-order valence-corrected chi connectivity index (χ4v) is 5.35. The van der Waals surface area contributed by atoms with Crippen molar-refractivity contribution >= 4 is 27.0 Å². The summed E-state index contributed by atoms with van der Waals surface area (Å²) in [4.78, 5) is 16.7. The zero-order valence-electron chi connectivity index (χ0n) is 19.6. The van der Waals surface area contributed by atoms with Gasteiger partial charge in [-0.1, -0.05) is 26.0 Å². The van der Waals surface area contributed by atoms with Gasteiger partial charge in [-0.25, -0.2) is 18.2 Å². The molecule has 0 bridgehead atoms. The number of carbonyl (C=O) groups excluding carboxylic acids is 1. The lowest BCUT2D eigenvalue weighted by atomic mass is 10.1. The maximum atomic E-state index is 12.9. The molecule has 0 unspecified atom stereocenters. The van der Waals surface area contributed by atoms with E-state index in [4.69, 9.17) is 9.15 Å². The first-order valence-corrected chi connectivity index (χ1v) is 12.6. The third-order valence-electron chi connectivity index (χ3n) is 5.70. The van der Waals surface area contributed by atoms with E-state index in [0.717, 1.165) is 11.1 Å². The number of esters is 1. The van der Waals surface area contributed by atoms with Crippen LogP contribution in [-0.2, 0) is 21.8 Å². The predicted octanol–water partition coefficient (Wildman–Crippen LogP) is 4.71. The van der Waals surface area contributed by atoms with Crippen LogP contribution >= 0.6 is 0 Å². The molecule has 178 valence electrons. The molecule has 4 rings (SSSR count). The Kier molecular flexibility index (Phi) is 6.58. The van der Waals surface area contributed by atoms with Crippen molar-refractivity contribution in [2.24, 2.45) is 7.05 Å². The minimum Gasteiger partial charge on any atom is -0.462 e. The first kappa shape index (κ1) is 23.7. The molecule has 9 heteroatoms. The quantitative estimate of drug-likeness (QED) is 0.338. The van der Waals surface area contributed by atoms with Gasteiger partial charge in [-0.3, -0.25) is 0 Å². The monoisotopic (exact) mass is 481 g/mol. The first-order valence-electron chi connectivity index (χ1n) is 11.1. The van der Waals surface area contributed by atoms with Crippen molar-refractivity contribution in [3.63, 3.8) is 0 Å². The Morgan fingerprint density at radius 3 is 2.32 bits per heavy atom. The van der Waals surface area contributed by atoms with Gasteiger partial charge in [0.2, 0.25) is 10.0 Å². The number of aryl methyl sites for hydroxylation is 1. The summed E-state index contributed by atoms with van der Waals surface area (Å²) in [5, 5.41) is 0. The van der Waals surface area contributed by atoms with Gasteiger partial charge in [0.05, 0.1) is 28.1 Å². The van der Waals surface area contributed by atoms with Crippen molar-refractivity contribution in [3.8, 4) is 22.9 Å². The molecule has 0 atom stereocenters. The summed E-state index contributed by atoms with van der Waals surface area (Å²) in [6.07, 6.45) is 0. The second-order valence-corrected chi connectivity index (χ2v) is 9.63. The molecule has 0 fully saturated rings. The highest BCUT2D eigenvalue weighted by molar-refractivity contribution is 7.89. The van der Waals surface area contributed by atoms with Crippen molar-refractivity contribution in [2.45, 2.75) is 25.7 Å². The van der Waals surface area contributed by atoms with Gasteiger partial charge in [0.15, 0.2) is 11.6 Å². The molecular formula is C25H27N3O5S. The summed E-state index contributed by atoms with van der Waals surface area (Å²) < 4.78 is 40.2. The van der Waals surface area contributed by atoms with Crippen LogP contribution in [0.2, 0.25) is 0 Å². The number of ether oxygens (including phenoxy) is 1. The van der Waals surface area contributed by atoms with Crippen molar-refractivity contribution in [3.05, 3.63) is 60.2 Å². The van der Waals surface area contributed by atoms with Crippen LogP contribution in [0.4, 0.5) is 0 Å². The predicted molar refractivity (Wildman–Crippen MR) is 130 cm³/mol. The molecular weight excluding hydrogens is 454 g/mol. The van der Waals surface area contributed by atoms with Gasteiger partial charge < -0.3 is 13.7 Å². The molecule has 0 aliphatic rings. The lowest BCUT2D eigenvalue weighted by molar-refractivity contribution is 0.0526. The Morgan fingerprint density at radius 2 is 1.68 bits per heavy atom. The summed E-state index contributed by atoms with van der Waals surface area (Å²) >= 11 is 0. The second-order valence-electron chi connectivity index (χ2n) is 7.70. The number of nitrogens with zero attached hydrogens (tertiary/aromatic N) is 3. The molecule has 8 nitrogen and oxygen atoms in total. The minimum atomic E-state index is -3.58. The molecule has 0 aliphatic heterocycles. The lowest BCUT2D eigenvalue weighted by Crippen LogP contribution is -2.30. The number of benzene rings is 2. The molecule has 0 radical (unpaired) electrons. The van der Waals surface area contributed by atoms with Gasteiger partial charge >= 0.3 is 5.97 Å². The number of rotatable bonds is 8. The standard InChI is InChI=1S/C25H27N3O5S/c1-5-28(6-2)34(30,31)19-12-13-21-20(16-19)26-24(27(21)4)23-15-14-22(33-23)17-8-10-18(11-9-17)25(29)32-7-3/h8-16H,5-7H2,1-4H3. The van der Waals surface area contributed by atoms with E-state index in [1.165, 1.54) is 4.31 Å². The van der Waals surface area contributed by atoms with Crippen LogP contribution in [-0.4, -0.2) is 47.9 Å². The third kappa shape index (κ3) is 4.24. The van der Waals surface area contributed by atoms with Crippen LogP contribution in [0.25, 0.3) is 33.9 Å². The van der Waals surface area contributed by atoms with Gasteiger partial charge in [-0.05, 0) is 49.4 Å². The highest BCUT2D eigenvalue weighted by Gasteiger charge is 2.23. The van der Waals surface area contributed by atoms with Crippen molar-refractivity contribution in [2.75, 3.05) is 19.7 Å². The van der Waals surface area contributed by atoms with Crippen molar-refractivity contribution in [1.29, 1.82) is 0 Å². The Labute approximate surface area is 198 Å². The van der Waals surface area contributed by atoms with E-state index in [9.17, 15) is 13.2 Å². The SMILES string of the molecule is CCOC(=O)c1ccc(-c2ccc(-c3nc4cc(S(=O)(=O)N(CC)CC)ccc4n3C)o2)cc1. The van der Waals surface area contributed by atoms with E-state index in [-0.39, 0.29) is 10.9 Å². The van der Waals surface area contributed by atoms with Crippen molar-refractivity contribution in [1.82, 2.24) is 13.9 Å². The number of carbonyl (C=O) groups is 1. The normalized spacial score (nSPS) is 11.9. The summed E-state index contributed by atoms with van der Waals surface area (Å²) in [7, 11) is -1.72. The van der Waals surface area contributed by atoms with Gasteiger partial charge in [0.1, 0.15) is 5.76 Å². The highest BCUT2D eigenvalue weighted by atomic mass is 32.2. The highest BCUT2D eigenvalue weighted by Crippen LogP contribution is 2.31. The Balaban J connectivity index is 1.66. The molecule has 2 aromatic heterocycles. The maximum Gasteiger partial charge on any atom is 0.338 e. The van der Waals surface area contributed by atoms with Crippen LogP contribution in [0, 0.1) is 0 Å². The molecule has 2 heterocycles. The summed E-state index contributed by atoms with van der Waals surface area (Å²) in [5.41, 5.74) is 2.65. The molecule has 4 aromatic rings. The molecule has 0 spiro atoms. The average Bonchev–Trinajstić information content (AvgIpc) is 3.44. The molecule has 2 aromatic carbocycles. The molecule has 0 aliphatic carbocycles. The van der Waals surface area contributed by atoms with Gasteiger partial charge in [-0.2, -0.15) is 4.31 Å². The van der Waals surface area contributed by atoms with E-state index in [2.05, 4.69) is 4.98 Å². The zero-order chi connectivity index (χ0) is 24.5. The van der Waals surface area contributed by atoms with E-state index >= 15 is 0 Å². The summed E-state index contributed by atoms with van der Waals surface area (Å²) in [6.45, 7) is 6.53. The largest absolute Gasteiger partial charge is 0.462 e. The van der Waals surface area contributed by atoms with Gasteiger partial charge in [0, 0.05) is 25.7 Å². The third-order valence-corrected chi connectivity index (χ3v) is 7.75. The Hall–Kier alpha value is -3.43. The second kappa shape index (κ2) is 9.44. The lowest BCUT2D eigenvalue weighted by Gasteiger charge is -2.18. The zero-order valence-corrected chi connectivity index (χ0v) is 20.4. The summed E-state index contributed by atoms with van der Waals surface area (Å²) in [6, 6.07) is 15.6. The van der Waals surface area contributed by atoms with E-state index in [1.54, 1.807) is 49.4 Å². The van der Waals surface area contributed by atoms with Crippen LogP contribution in [0.5, 0.6) is 0 Å². The number of imidazole rings is 1. The smallest absolute Gasteiger partial charge is 0.338 e. The number of hydrogen-bond donors (Lipinski definition) is 0. The fourth-order valence-electron chi connectivity index (χ4n) is 3.87. The molecule has 0 N–H and O–H groups in total. The molecule has 0 saturated heterocycles. The topological polar surface area (TPSA) is 94.6 Å². The molecule has 0 saturated carbocycles. The Morgan fingerprint density at radius 1 is 1.00 bits per heavy atom. The number of hydrogen-bond acceptors (Lipinski definition) is 6. The van der Waals surface area contributed by atoms with Crippen LogP contribution in [0.15, 0.2) is 63.9 Å². The van der Waals surface area contributed by atoms with E-state index in [1.807, 2.05) is 37.6 Å². The maximum absolute atomic E-state index is 12.9. The number of furan rings is 1. The van der Waals surface area contributed by atoms with Gasteiger partial charge in [-0.15, -0.1) is 0 Å². The van der Waals surface area contributed by atoms with Crippen LogP contribution in [0.3, 0.4) is 0 Å².